The molecule has 3 aromatic rings. The quantitative estimate of drug-likeness (QED) is 0.772. The van der Waals surface area contributed by atoms with E-state index in [1.165, 1.54) is 0 Å². The van der Waals surface area contributed by atoms with Gasteiger partial charge in [-0.2, -0.15) is 5.10 Å². The molecule has 1 amide bonds. The van der Waals surface area contributed by atoms with E-state index in [2.05, 4.69) is 15.3 Å². The maximum atomic E-state index is 12.6. The van der Waals surface area contributed by atoms with Gasteiger partial charge in [-0.3, -0.25) is 9.48 Å². The molecular weight excluding hydrogens is 324 g/mol. The van der Waals surface area contributed by atoms with Crippen molar-refractivity contribution >= 4 is 34.1 Å². The number of nitrogens with one attached hydrogen (secondary N) is 1. The highest BCUT2D eigenvalue weighted by molar-refractivity contribution is 6.31. The van der Waals surface area contributed by atoms with Gasteiger partial charge in [0.05, 0.1) is 6.54 Å². The number of likely N-dealkylation sites (N-methyl/N-ethyl adjacent to an activating group) is 1. The average Bonchev–Trinajstić information content (AvgIpc) is 2.99. The van der Waals surface area contributed by atoms with Gasteiger partial charge in [0, 0.05) is 29.4 Å². The first-order chi connectivity index (χ1) is 11.5. The molecule has 0 bridgehead atoms. The Labute approximate surface area is 145 Å². The van der Waals surface area contributed by atoms with E-state index in [4.69, 9.17) is 11.6 Å². The van der Waals surface area contributed by atoms with Gasteiger partial charge in [-0.1, -0.05) is 29.8 Å². The molecule has 0 fully saturated rings. The first-order valence-electron chi connectivity index (χ1n) is 7.71. The van der Waals surface area contributed by atoms with Crippen molar-refractivity contribution in [3.63, 3.8) is 0 Å². The summed E-state index contributed by atoms with van der Waals surface area (Å²) in [6, 6.07) is 12.9. The molecule has 0 radical (unpaired) electrons. The number of benzene rings is 2. The van der Waals surface area contributed by atoms with Gasteiger partial charge in [0.2, 0.25) is 0 Å². The zero-order valence-corrected chi connectivity index (χ0v) is 14.4. The standard InChI is InChI=1S/C18H19ClN4O/c1-22(2)10-11-23-9-8-17(21-23)20-18(24)16-5-3-4-13-12-14(19)6-7-15(13)16/h3-9,12H,10-11H2,1-2H3,(H,20,21,24). The number of carbonyl (C=O) groups excluding carboxylic acids is 1. The largest absolute Gasteiger partial charge is 0.308 e. The van der Waals surface area contributed by atoms with Crippen molar-refractivity contribution in [3.8, 4) is 0 Å². The lowest BCUT2D eigenvalue weighted by Gasteiger charge is -2.09. The summed E-state index contributed by atoms with van der Waals surface area (Å²) < 4.78 is 1.82. The summed E-state index contributed by atoms with van der Waals surface area (Å²) >= 11 is 6.02. The Morgan fingerprint density at radius 2 is 2.08 bits per heavy atom. The lowest BCUT2D eigenvalue weighted by atomic mass is 10.0. The number of aromatic nitrogens is 2. The Morgan fingerprint density at radius 3 is 2.88 bits per heavy atom. The molecule has 5 nitrogen and oxygen atoms in total. The highest BCUT2D eigenvalue weighted by Gasteiger charge is 2.11. The molecule has 0 aliphatic heterocycles. The maximum Gasteiger partial charge on any atom is 0.257 e. The maximum absolute atomic E-state index is 12.6. The van der Waals surface area contributed by atoms with E-state index in [0.717, 1.165) is 23.9 Å². The number of fused-ring (bicyclic) bond motifs is 1. The number of rotatable bonds is 5. The van der Waals surface area contributed by atoms with Crippen molar-refractivity contribution in [2.24, 2.45) is 0 Å². The summed E-state index contributed by atoms with van der Waals surface area (Å²) in [5, 5.41) is 9.69. The van der Waals surface area contributed by atoms with E-state index in [1.54, 1.807) is 18.2 Å². The molecular formula is C18H19ClN4O. The number of amides is 1. The monoisotopic (exact) mass is 342 g/mol. The topological polar surface area (TPSA) is 50.2 Å². The zero-order chi connectivity index (χ0) is 17.1. The van der Waals surface area contributed by atoms with Gasteiger partial charge in [0.1, 0.15) is 0 Å². The predicted molar refractivity (Wildman–Crippen MR) is 97.7 cm³/mol. The summed E-state index contributed by atoms with van der Waals surface area (Å²) in [7, 11) is 4.03. The lowest BCUT2D eigenvalue weighted by Crippen LogP contribution is -2.19. The van der Waals surface area contributed by atoms with E-state index in [-0.39, 0.29) is 5.91 Å². The Kier molecular flexibility index (Phi) is 4.83. The van der Waals surface area contributed by atoms with Gasteiger partial charge in [-0.05, 0) is 43.1 Å². The van der Waals surface area contributed by atoms with E-state index < -0.39 is 0 Å². The Balaban J connectivity index is 1.78. The predicted octanol–water partition coefficient (Wildman–Crippen LogP) is 3.50. The van der Waals surface area contributed by atoms with Crippen LogP contribution in [0.3, 0.4) is 0 Å². The van der Waals surface area contributed by atoms with E-state index in [1.807, 2.05) is 49.2 Å². The minimum Gasteiger partial charge on any atom is -0.308 e. The first-order valence-corrected chi connectivity index (χ1v) is 8.08. The fraction of sp³-hybridized carbons (Fsp3) is 0.222. The number of nitrogens with zero attached hydrogens (tertiary/aromatic N) is 3. The molecule has 2 aromatic carbocycles. The lowest BCUT2D eigenvalue weighted by molar-refractivity contribution is 0.102. The summed E-state index contributed by atoms with van der Waals surface area (Å²) in [6.07, 6.45) is 1.86. The normalized spacial score (nSPS) is 11.2. The van der Waals surface area contributed by atoms with Crippen LogP contribution in [0, 0.1) is 0 Å². The molecule has 0 saturated heterocycles. The van der Waals surface area contributed by atoms with Crippen LogP contribution in [0.25, 0.3) is 10.8 Å². The molecule has 0 spiro atoms. The molecule has 0 unspecified atom stereocenters. The molecule has 6 heteroatoms. The third-order valence-corrected chi connectivity index (χ3v) is 3.98. The summed E-state index contributed by atoms with van der Waals surface area (Å²) in [5.74, 6) is 0.366. The van der Waals surface area contributed by atoms with Crippen molar-refractivity contribution in [3.05, 3.63) is 59.2 Å². The highest BCUT2D eigenvalue weighted by atomic mass is 35.5. The number of halogens is 1. The second-order valence-corrected chi connectivity index (χ2v) is 6.33. The van der Waals surface area contributed by atoms with Crippen LogP contribution in [-0.2, 0) is 6.54 Å². The van der Waals surface area contributed by atoms with Crippen LogP contribution in [0.2, 0.25) is 5.02 Å². The second kappa shape index (κ2) is 7.03. The molecule has 0 aliphatic carbocycles. The van der Waals surface area contributed by atoms with Crippen molar-refractivity contribution < 1.29 is 4.79 Å². The van der Waals surface area contributed by atoms with E-state index in [9.17, 15) is 4.79 Å². The van der Waals surface area contributed by atoms with E-state index in [0.29, 0.717) is 16.4 Å². The molecule has 24 heavy (non-hydrogen) atoms. The molecule has 3 rings (SSSR count). The number of anilines is 1. The van der Waals surface area contributed by atoms with Gasteiger partial charge in [0.25, 0.3) is 5.91 Å². The Bertz CT molecular complexity index is 872. The van der Waals surface area contributed by atoms with Gasteiger partial charge in [-0.15, -0.1) is 0 Å². The highest BCUT2D eigenvalue weighted by Crippen LogP contribution is 2.23. The minimum atomic E-state index is -0.180. The number of carbonyl (C=O) groups is 1. The van der Waals surface area contributed by atoms with Crippen LogP contribution in [0.4, 0.5) is 5.82 Å². The van der Waals surface area contributed by atoms with E-state index >= 15 is 0 Å². The summed E-state index contributed by atoms with van der Waals surface area (Å²) in [4.78, 5) is 14.7. The van der Waals surface area contributed by atoms with Gasteiger partial charge < -0.3 is 10.2 Å². The van der Waals surface area contributed by atoms with Crippen LogP contribution in [0.15, 0.2) is 48.7 Å². The van der Waals surface area contributed by atoms with Crippen LogP contribution in [-0.4, -0.2) is 41.2 Å². The molecule has 0 atom stereocenters. The zero-order valence-electron chi connectivity index (χ0n) is 13.7. The summed E-state index contributed by atoms with van der Waals surface area (Å²) in [5.41, 5.74) is 0.604. The van der Waals surface area contributed by atoms with Crippen molar-refractivity contribution in [2.75, 3.05) is 26.0 Å². The van der Waals surface area contributed by atoms with Gasteiger partial charge >= 0.3 is 0 Å². The van der Waals surface area contributed by atoms with Gasteiger partial charge in [-0.25, -0.2) is 0 Å². The second-order valence-electron chi connectivity index (χ2n) is 5.89. The van der Waals surface area contributed by atoms with Crippen LogP contribution < -0.4 is 5.32 Å². The summed E-state index contributed by atoms with van der Waals surface area (Å²) in [6.45, 7) is 1.66. The SMILES string of the molecule is CN(C)CCn1ccc(NC(=O)c2cccc3cc(Cl)ccc23)n1. The molecule has 1 N–H and O–H groups in total. The molecule has 0 aliphatic rings. The fourth-order valence-corrected chi connectivity index (χ4v) is 2.67. The van der Waals surface area contributed by atoms with Crippen molar-refractivity contribution in [2.45, 2.75) is 6.54 Å². The van der Waals surface area contributed by atoms with Crippen molar-refractivity contribution in [1.82, 2.24) is 14.7 Å². The molecule has 124 valence electrons. The van der Waals surface area contributed by atoms with Crippen LogP contribution in [0.1, 0.15) is 10.4 Å². The number of hydrogen-bond acceptors (Lipinski definition) is 3. The smallest absolute Gasteiger partial charge is 0.257 e. The molecule has 1 aromatic heterocycles. The Hall–Kier alpha value is -2.37. The molecule has 1 heterocycles. The van der Waals surface area contributed by atoms with Gasteiger partial charge in [0.15, 0.2) is 5.82 Å². The third kappa shape index (κ3) is 3.75. The third-order valence-electron chi connectivity index (χ3n) is 3.75. The first kappa shape index (κ1) is 16.5. The average molecular weight is 343 g/mol. The number of hydrogen-bond donors (Lipinski definition) is 1. The van der Waals surface area contributed by atoms with Crippen LogP contribution >= 0.6 is 11.6 Å². The minimum absolute atomic E-state index is 0.180. The van der Waals surface area contributed by atoms with Crippen LogP contribution in [0.5, 0.6) is 0 Å². The Morgan fingerprint density at radius 1 is 1.25 bits per heavy atom. The molecule has 0 saturated carbocycles. The fourth-order valence-electron chi connectivity index (χ4n) is 2.49. The van der Waals surface area contributed by atoms with Crippen molar-refractivity contribution in [1.29, 1.82) is 0 Å².